The van der Waals surface area contributed by atoms with Gasteiger partial charge in [0.25, 0.3) is 0 Å². The Bertz CT molecular complexity index is 666. The predicted octanol–water partition coefficient (Wildman–Crippen LogP) is -2.76. The third-order valence-electron chi connectivity index (χ3n) is 2.47. The molecule has 136 valence electrons. The topological polar surface area (TPSA) is 208 Å². The van der Waals surface area contributed by atoms with E-state index in [-0.39, 0.29) is 0 Å². The van der Waals surface area contributed by atoms with Crippen LogP contribution in [0.3, 0.4) is 0 Å². The van der Waals surface area contributed by atoms with E-state index in [0.717, 1.165) is 0 Å². The molecule has 2 aromatic carbocycles. The van der Waals surface area contributed by atoms with E-state index in [1.807, 2.05) is 0 Å². The van der Waals surface area contributed by atoms with Gasteiger partial charge in [-0.05, 0) is 35.2 Å². The van der Waals surface area contributed by atoms with Gasteiger partial charge in [-0.3, -0.25) is 9.11 Å². The minimum Gasteiger partial charge on any atom is -0.423 e. The van der Waals surface area contributed by atoms with Crippen molar-refractivity contribution in [2.75, 3.05) is 11.5 Å². The molecule has 0 amide bonds. The fraction of sp³-hybridized carbons (Fsp3) is 0. The van der Waals surface area contributed by atoms with E-state index in [2.05, 4.69) is 0 Å². The minimum absolute atomic E-state index is 0.453. The maximum Gasteiger partial charge on any atom is 0.488 e. The van der Waals surface area contributed by atoms with E-state index >= 15 is 0 Å². The van der Waals surface area contributed by atoms with Crippen molar-refractivity contribution in [1.29, 1.82) is 0 Å². The minimum atomic E-state index is -4.67. The Balaban J connectivity index is 0.000000368. The summed E-state index contributed by atoms with van der Waals surface area (Å²) in [5, 5.41) is 34.5. The van der Waals surface area contributed by atoms with Crippen LogP contribution < -0.4 is 22.4 Å². The zero-order valence-corrected chi connectivity index (χ0v) is 13.7. The molecule has 25 heavy (non-hydrogen) atoms. The summed E-state index contributed by atoms with van der Waals surface area (Å²) in [6, 6.07) is 12.8. The van der Waals surface area contributed by atoms with Crippen molar-refractivity contribution in [3.05, 3.63) is 48.5 Å². The average molecular weight is 372 g/mol. The van der Waals surface area contributed by atoms with Crippen LogP contribution in [0.4, 0.5) is 11.4 Å². The Morgan fingerprint density at radius 2 is 0.840 bits per heavy atom. The van der Waals surface area contributed by atoms with Crippen molar-refractivity contribution >= 4 is 46.9 Å². The molecule has 0 atom stereocenters. The van der Waals surface area contributed by atoms with Gasteiger partial charge in [0, 0.05) is 11.4 Å². The largest absolute Gasteiger partial charge is 0.488 e. The van der Waals surface area contributed by atoms with Crippen molar-refractivity contribution in [2.24, 2.45) is 0 Å². The standard InChI is InChI=1S/2C6H8BNO2.H2O4S/c2*8-6-3-1-5(2-4-6)7(9)10;1-5(2,3)4/h2*1-4,9-10H,8H2;(H2,1,2,3,4). The third kappa shape index (κ3) is 12.9. The Morgan fingerprint density at radius 3 is 1.00 bits per heavy atom. The van der Waals surface area contributed by atoms with Gasteiger partial charge in [-0.25, -0.2) is 0 Å². The molecule has 0 saturated carbocycles. The van der Waals surface area contributed by atoms with Crippen LogP contribution >= 0.6 is 0 Å². The summed E-state index contributed by atoms with van der Waals surface area (Å²) in [7, 11) is -7.47. The second-order valence-corrected chi connectivity index (χ2v) is 5.42. The molecule has 10 nitrogen and oxygen atoms in total. The number of nitrogens with two attached hydrogens (primary N) is 2. The van der Waals surface area contributed by atoms with Crippen LogP contribution in [0.5, 0.6) is 0 Å². The molecule has 13 heteroatoms. The summed E-state index contributed by atoms with van der Waals surface area (Å²) in [4.78, 5) is 0. The van der Waals surface area contributed by atoms with Crippen molar-refractivity contribution in [3.8, 4) is 0 Å². The molecule has 0 aliphatic heterocycles. The van der Waals surface area contributed by atoms with E-state index in [0.29, 0.717) is 22.3 Å². The lowest BCUT2D eigenvalue weighted by atomic mass is 9.80. The summed E-state index contributed by atoms with van der Waals surface area (Å²) < 4.78 is 31.6. The lowest BCUT2D eigenvalue weighted by molar-refractivity contribution is 0.380. The first-order chi connectivity index (χ1) is 11.4. The Hall–Kier alpha value is -2.12. The zero-order chi connectivity index (χ0) is 19.6. The highest BCUT2D eigenvalue weighted by Crippen LogP contribution is 1.96. The Kier molecular flexibility index (Phi) is 9.78. The highest BCUT2D eigenvalue weighted by Gasteiger charge is 2.09. The van der Waals surface area contributed by atoms with Gasteiger partial charge in [-0.1, -0.05) is 24.3 Å². The quantitative estimate of drug-likeness (QED) is 0.155. The Morgan fingerprint density at radius 1 is 0.640 bits per heavy atom. The molecule has 0 heterocycles. The molecule has 0 spiro atoms. The first-order valence-corrected chi connectivity index (χ1v) is 7.93. The molecule has 0 unspecified atom stereocenters. The highest BCUT2D eigenvalue weighted by atomic mass is 32.3. The lowest BCUT2D eigenvalue weighted by Crippen LogP contribution is -2.29. The molecule has 2 aromatic rings. The molecule has 0 saturated heterocycles. The summed E-state index contributed by atoms with van der Waals surface area (Å²) in [6.45, 7) is 0. The number of nitrogen functional groups attached to an aromatic ring is 2. The van der Waals surface area contributed by atoms with E-state index in [4.69, 9.17) is 49.1 Å². The van der Waals surface area contributed by atoms with Crippen LogP contribution in [0.1, 0.15) is 0 Å². The van der Waals surface area contributed by atoms with Gasteiger partial charge in [-0.15, -0.1) is 0 Å². The SMILES string of the molecule is Nc1ccc(B(O)O)cc1.Nc1ccc(B(O)O)cc1.O=S(=O)(O)O. The molecule has 0 bridgehead atoms. The van der Waals surface area contributed by atoms with Gasteiger partial charge in [-0.2, -0.15) is 8.42 Å². The number of benzene rings is 2. The van der Waals surface area contributed by atoms with E-state index in [1.54, 1.807) is 48.5 Å². The van der Waals surface area contributed by atoms with Crippen LogP contribution in [-0.2, 0) is 10.4 Å². The number of hydrogen-bond acceptors (Lipinski definition) is 8. The maximum absolute atomic E-state index is 8.74. The molecule has 10 N–H and O–H groups in total. The molecular weight excluding hydrogens is 354 g/mol. The Labute approximate surface area is 145 Å². The molecule has 0 radical (unpaired) electrons. The molecule has 0 aromatic heterocycles. The monoisotopic (exact) mass is 372 g/mol. The van der Waals surface area contributed by atoms with Gasteiger partial charge in [0.2, 0.25) is 0 Å². The van der Waals surface area contributed by atoms with E-state index in [9.17, 15) is 0 Å². The predicted molar refractivity (Wildman–Crippen MR) is 95.5 cm³/mol. The zero-order valence-electron chi connectivity index (χ0n) is 12.8. The number of rotatable bonds is 2. The first-order valence-electron chi connectivity index (χ1n) is 6.53. The highest BCUT2D eigenvalue weighted by molar-refractivity contribution is 7.79. The van der Waals surface area contributed by atoms with Crippen molar-refractivity contribution in [2.45, 2.75) is 0 Å². The third-order valence-corrected chi connectivity index (χ3v) is 2.47. The lowest BCUT2D eigenvalue weighted by Gasteiger charge is -1.97. The number of anilines is 2. The van der Waals surface area contributed by atoms with Crippen LogP contribution in [0, 0.1) is 0 Å². The summed E-state index contributed by atoms with van der Waals surface area (Å²) in [5.41, 5.74) is 12.9. The van der Waals surface area contributed by atoms with E-state index in [1.165, 1.54) is 0 Å². The maximum atomic E-state index is 8.74. The normalized spacial score (nSPS) is 9.84. The van der Waals surface area contributed by atoms with Crippen molar-refractivity contribution in [3.63, 3.8) is 0 Å². The first kappa shape index (κ1) is 22.9. The van der Waals surface area contributed by atoms with Crippen LogP contribution in [-0.4, -0.2) is 51.9 Å². The van der Waals surface area contributed by atoms with Gasteiger partial charge in [0.05, 0.1) is 0 Å². The smallest absolute Gasteiger partial charge is 0.423 e. The molecule has 0 aliphatic rings. The molecule has 2 rings (SSSR count). The summed E-state index contributed by atoms with van der Waals surface area (Å²) in [6.07, 6.45) is 0. The van der Waals surface area contributed by atoms with Gasteiger partial charge >= 0.3 is 24.6 Å². The van der Waals surface area contributed by atoms with Crippen LogP contribution in [0.15, 0.2) is 48.5 Å². The second-order valence-electron chi connectivity index (χ2n) is 4.53. The molecule has 0 fully saturated rings. The van der Waals surface area contributed by atoms with Crippen LogP contribution in [0.25, 0.3) is 0 Å². The van der Waals surface area contributed by atoms with Crippen LogP contribution in [0.2, 0.25) is 0 Å². The van der Waals surface area contributed by atoms with E-state index < -0.39 is 24.6 Å². The second kappa shape index (κ2) is 10.7. The summed E-state index contributed by atoms with van der Waals surface area (Å²) in [5.74, 6) is 0. The van der Waals surface area contributed by atoms with Gasteiger partial charge in [0.15, 0.2) is 0 Å². The number of hydrogen-bond donors (Lipinski definition) is 8. The summed E-state index contributed by atoms with van der Waals surface area (Å²) >= 11 is 0. The fourth-order valence-corrected chi connectivity index (χ4v) is 1.34. The van der Waals surface area contributed by atoms with Crippen molar-refractivity contribution in [1.82, 2.24) is 0 Å². The molecular formula is C12H18B2N2O8S. The van der Waals surface area contributed by atoms with Crippen molar-refractivity contribution < 1.29 is 37.6 Å². The van der Waals surface area contributed by atoms with Gasteiger partial charge < -0.3 is 31.6 Å². The fourth-order valence-electron chi connectivity index (χ4n) is 1.34. The average Bonchev–Trinajstić information content (AvgIpc) is 2.47. The van der Waals surface area contributed by atoms with Gasteiger partial charge in [0.1, 0.15) is 0 Å². The molecule has 0 aliphatic carbocycles.